The van der Waals surface area contributed by atoms with Gasteiger partial charge < -0.3 is 9.47 Å². The summed E-state index contributed by atoms with van der Waals surface area (Å²) >= 11 is 5.10. The summed E-state index contributed by atoms with van der Waals surface area (Å²) in [6.45, 7) is 2.29. The molecule has 19 heavy (non-hydrogen) atoms. The standard InChI is InChI=1S/C13H14N2O3S/c1-3-18-11-8-14-15(13(16)12(11)19)9-5-4-6-10(7-9)17-2/h4-8,14H,3H2,1-2H3. The number of nitrogens with one attached hydrogen (secondary N) is 1. The number of methoxy groups -OCH3 is 1. The minimum absolute atomic E-state index is 0.156. The molecule has 0 bridgehead atoms. The van der Waals surface area contributed by atoms with Crippen molar-refractivity contribution in [3.05, 3.63) is 45.3 Å². The van der Waals surface area contributed by atoms with Gasteiger partial charge in [0, 0.05) is 6.07 Å². The number of ether oxygens (including phenoxy) is 2. The fourth-order valence-corrected chi connectivity index (χ4v) is 1.87. The number of aromatic amines is 1. The minimum Gasteiger partial charge on any atom is -0.497 e. The van der Waals surface area contributed by atoms with Crippen molar-refractivity contribution in [3.63, 3.8) is 0 Å². The van der Waals surface area contributed by atoms with Crippen molar-refractivity contribution in [1.82, 2.24) is 9.78 Å². The molecule has 0 atom stereocenters. The van der Waals surface area contributed by atoms with Crippen molar-refractivity contribution in [3.8, 4) is 17.2 Å². The zero-order valence-electron chi connectivity index (χ0n) is 10.7. The fraction of sp³-hybridized carbons (Fsp3) is 0.231. The molecule has 1 N–H and O–H groups in total. The molecule has 6 heteroatoms. The average molecular weight is 278 g/mol. The first-order chi connectivity index (χ1) is 9.17. The molecule has 1 aromatic carbocycles. The van der Waals surface area contributed by atoms with Crippen molar-refractivity contribution < 1.29 is 9.47 Å². The van der Waals surface area contributed by atoms with Crippen LogP contribution < -0.4 is 15.0 Å². The van der Waals surface area contributed by atoms with Gasteiger partial charge in [0.2, 0.25) is 0 Å². The van der Waals surface area contributed by atoms with Gasteiger partial charge in [0.1, 0.15) is 10.3 Å². The van der Waals surface area contributed by atoms with Crippen molar-refractivity contribution >= 4 is 12.2 Å². The van der Waals surface area contributed by atoms with Crippen LogP contribution in [0, 0.1) is 4.51 Å². The van der Waals surface area contributed by atoms with E-state index in [-0.39, 0.29) is 10.1 Å². The lowest BCUT2D eigenvalue weighted by Crippen LogP contribution is -2.22. The Morgan fingerprint density at radius 1 is 1.42 bits per heavy atom. The van der Waals surface area contributed by atoms with Crippen LogP contribution in [0.1, 0.15) is 6.92 Å². The summed E-state index contributed by atoms with van der Waals surface area (Å²) in [7, 11) is 1.57. The summed E-state index contributed by atoms with van der Waals surface area (Å²) in [5.41, 5.74) is 0.327. The number of nitrogens with zero attached hydrogens (tertiary/aromatic N) is 1. The van der Waals surface area contributed by atoms with E-state index in [4.69, 9.17) is 21.7 Å². The Morgan fingerprint density at radius 3 is 2.89 bits per heavy atom. The van der Waals surface area contributed by atoms with Crippen LogP contribution in [0.4, 0.5) is 0 Å². The average Bonchev–Trinajstić information content (AvgIpc) is 2.44. The number of hydrogen-bond acceptors (Lipinski definition) is 4. The quantitative estimate of drug-likeness (QED) is 0.872. The van der Waals surface area contributed by atoms with Gasteiger partial charge >= 0.3 is 0 Å². The first kappa shape index (κ1) is 13.4. The van der Waals surface area contributed by atoms with Gasteiger partial charge in [0.25, 0.3) is 5.56 Å². The Bertz CT molecular complexity index is 691. The topological polar surface area (TPSA) is 56.2 Å². The number of H-pyrrole nitrogens is 1. The Morgan fingerprint density at radius 2 is 2.21 bits per heavy atom. The lowest BCUT2D eigenvalue weighted by molar-refractivity contribution is 0.335. The molecule has 2 rings (SSSR count). The normalized spacial score (nSPS) is 10.2. The highest BCUT2D eigenvalue weighted by atomic mass is 32.1. The van der Waals surface area contributed by atoms with E-state index < -0.39 is 0 Å². The van der Waals surface area contributed by atoms with Gasteiger partial charge in [0.05, 0.1) is 25.6 Å². The highest BCUT2D eigenvalue weighted by Crippen LogP contribution is 2.15. The first-order valence-electron chi connectivity index (χ1n) is 5.79. The molecule has 1 aromatic heterocycles. The second kappa shape index (κ2) is 5.71. The third-order valence-electron chi connectivity index (χ3n) is 2.56. The molecule has 100 valence electrons. The molecule has 0 radical (unpaired) electrons. The lowest BCUT2D eigenvalue weighted by atomic mass is 10.3. The zero-order valence-corrected chi connectivity index (χ0v) is 11.5. The van der Waals surface area contributed by atoms with Gasteiger partial charge in [-0.15, -0.1) is 0 Å². The van der Waals surface area contributed by atoms with Gasteiger partial charge in [-0.2, -0.15) is 0 Å². The predicted octanol–water partition coefficient (Wildman–Crippen LogP) is 2.30. The summed E-state index contributed by atoms with van der Waals surface area (Å²) in [6, 6.07) is 7.13. The maximum absolute atomic E-state index is 12.2. The van der Waals surface area contributed by atoms with Gasteiger partial charge in [-0.3, -0.25) is 9.89 Å². The van der Waals surface area contributed by atoms with E-state index in [9.17, 15) is 4.79 Å². The second-order valence-corrected chi connectivity index (χ2v) is 4.15. The van der Waals surface area contributed by atoms with Crippen molar-refractivity contribution in [2.75, 3.05) is 13.7 Å². The molecule has 0 saturated carbocycles. The van der Waals surface area contributed by atoms with Gasteiger partial charge in [-0.1, -0.05) is 18.3 Å². The maximum Gasteiger partial charge on any atom is 0.291 e. The van der Waals surface area contributed by atoms with Crippen LogP contribution in [-0.4, -0.2) is 23.5 Å². The van der Waals surface area contributed by atoms with Gasteiger partial charge in [-0.05, 0) is 19.1 Å². The largest absolute Gasteiger partial charge is 0.497 e. The van der Waals surface area contributed by atoms with Crippen LogP contribution in [-0.2, 0) is 0 Å². The molecule has 0 amide bonds. The molecule has 0 aliphatic rings. The second-order valence-electron chi connectivity index (χ2n) is 3.74. The molecule has 0 aliphatic heterocycles. The first-order valence-corrected chi connectivity index (χ1v) is 6.20. The molecule has 0 aliphatic carbocycles. The van der Waals surface area contributed by atoms with Crippen LogP contribution >= 0.6 is 12.2 Å². The molecular weight excluding hydrogens is 264 g/mol. The zero-order chi connectivity index (χ0) is 13.8. The van der Waals surface area contributed by atoms with Crippen molar-refractivity contribution in [1.29, 1.82) is 0 Å². The van der Waals surface area contributed by atoms with E-state index in [2.05, 4.69) is 5.10 Å². The van der Waals surface area contributed by atoms with E-state index in [1.807, 2.05) is 6.92 Å². The Kier molecular flexibility index (Phi) is 4.01. The van der Waals surface area contributed by atoms with Gasteiger partial charge in [0.15, 0.2) is 5.75 Å². The molecule has 5 nitrogen and oxygen atoms in total. The summed E-state index contributed by atoms with van der Waals surface area (Å²) in [4.78, 5) is 12.2. The van der Waals surface area contributed by atoms with Crippen molar-refractivity contribution in [2.45, 2.75) is 6.92 Å². The monoisotopic (exact) mass is 278 g/mol. The molecule has 0 fully saturated rings. The summed E-state index contributed by atoms with van der Waals surface area (Å²) < 4.78 is 11.9. The molecule has 1 heterocycles. The van der Waals surface area contributed by atoms with E-state index in [0.717, 1.165) is 0 Å². The summed E-state index contributed by atoms with van der Waals surface area (Å²) in [6.07, 6.45) is 1.58. The molecule has 0 unspecified atom stereocenters. The minimum atomic E-state index is -0.325. The van der Waals surface area contributed by atoms with E-state index in [1.165, 1.54) is 4.68 Å². The lowest BCUT2D eigenvalue weighted by Gasteiger charge is -2.09. The molecule has 0 spiro atoms. The Labute approximate surface area is 115 Å². The third-order valence-corrected chi connectivity index (χ3v) is 2.93. The highest BCUT2D eigenvalue weighted by molar-refractivity contribution is 7.71. The van der Waals surface area contributed by atoms with Crippen LogP contribution in [0.15, 0.2) is 35.3 Å². The summed E-state index contributed by atoms with van der Waals surface area (Å²) in [5, 5.41) is 2.86. The molecule has 0 saturated heterocycles. The fourth-order valence-electron chi connectivity index (χ4n) is 1.66. The SMILES string of the molecule is CCOc1c[nH]n(-c2cccc(OC)c2)c(=O)c1=S. The summed E-state index contributed by atoms with van der Waals surface area (Å²) in [5.74, 6) is 1.05. The number of aromatic nitrogens is 2. The van der Waals surface area contributed by atoms with E-state index in [1.54, 1.807) is 37.6 Å². The van der Waals surface area contributed by atoms with Crippen LogP contribution in [0.5, 0.6) is 11.5 Å². The van der Waals surface area contributed by atoms with Crippen LogP contribution in [0.25, 0.3) is 5.69 Å². The molecular formula is C13H14N2O3S. The highest BCUT2D eigenvalue weighted by Gasteiger charge is 2.06. The van der Waals surface area contributed by atoms with Gasteiger partial charge in [-0.25, -0.2) is 4.68 Å². The van der Waals surface area contributed by atoms with E-state index >= 15 is 0 Å². The Hall–Kier alpha value is -2.08. The number of benzene rings is 1. The number of rotatable bonds is 4. The number of hydrogen-bond donors (Lipinski definition) is 1. The smallest absolute Gasteiger partial charge is 0.291 e. The van der Waals surface area contributed by atoms with Crippen LogP contribution in [0.2, 0.25) is 0 Å². The molecule has 2 aromatic rings. The Balaban J connectivity index is 2.54. The van der Waals surface area contributed by atoms with Crippen molar-refractivity contribution in [2.24, 2.45) is 0 Å². The van der Waals surface area contributed by atoms with Crippen LogP contribution in [0.3, 0.4) is 0 Å². The van der Waals surface area contributed by atoms with E-state index in [0.29, 0.717) is 23.8 Å². The maximum atomic E-state index is 12.2. The third kappa shape index (κ3) is 2.68. The predicted molar refractivity (Wildman–Crippen MR) is 74.9 cm³/mol.